The van der Waals surface area contributed by atoms with Crippen molar-refractivity contribution in [3.8, 4) is 0 Å². The molecule has 3 nitrogen and oxygen atoms in total. The van der Waals surface area contributed by atoms with Gasteiger partial charge in [0.15, 0.2) is 0 Å². The van der Waals surface area contributed by atoms with Crippen LogP contribution in [0.3, 0.4) is 0 Å². The third kappa shape index (κ3) is 3.00. The second-order valence-electron chi connectivity index (χ2n) is 4.68. The zero-order valence-electron chi connectivity index (χ0n) is 9.96. The highest BCUT2D eigenvalue weighted by Gasteiger charge is 2.23. The van der Waals surface area contributed by atoms with Gasteiger partial charge in [0.05, 0.1) is 10.6 Å². The van der Waals surface area contributed by atoms with E-state index >= 15 is 0 Å². The maximum absolute atomic E-state index is 13.6. The number of benzene rings is 1. The number of carbonyl (C=O) groups is 1. The van der Waals surface area contributed by atoms with E-state index in [4.69, 9.17) is 17.3 Å². The Hall–Kier alpha value is -1.13. The van der Waals surface area contributed by atoms with Crippen molar-refractivity contribution in [2.24, 2.45) is 5.73 Å². The Morgan fingerprint density at radius 3 is 2.61 bits per heavy atom. The third-order valence-corrected chi connectivity index (χ3v) is 3.61. The van der Waals surface area contributed by atoms with Crippen molar-refractivity contribution in [2.45, 2.75) is 37.8 Å². The van der Waals surface area contributed by atoms with E-state index in [2.05, 4.69) is 5.32 Å². The fraction of sp³-hybridized carbons (Fsp3) is 0.462. The highest BCUT2D eigenvalue weighted by atomic mass is 35.5. The molecular formula is C13H16ClFN2O. The predicted molar refractivity (Wildman–Crippen MR) is 69.1 cm³/mol. The van der Waals surface area contributed by atoms with Crippen molar-refractivity contribution in [3.05, 3.63) is 34.6 Å². The van der Waals surface area contributed by atoms with Crippen LogP contribution in [0, 0.1) is 5.82 Å². The molecule has 1 aliphatic carbocycles. The number of nitrogens with one attached hydrogen (secondary N) is 1. The van der Waals surface area contributed by atoms with Gasteiger partial charge in [-0.15, -0.1) is 0 Å². The van der Waals surface area contributed by atoms with Crippen LogP contribution in [0.15, 0.2) is 18.2 Å². The topological polar surface area (TPSA) is 55.1 Å². The molecule has 0 aromatic heterocycles. The molecule has 0 aliphatic heterocycles. The summed E-state index contributed by atoms with van der Waals surface area (Å²) >= 11 is 5.84. The summed E-state index contributed by atoms with van der Waals surface area (Å²) in [6.45, 7) is 0. The summed E-state index contributed by atoms with van der Waals surface area (Å²) in [5, 5.41) is 2.96. The average Bonchev–Trinajstić information content (AvgIpc) is 2.32. The number of amides is 1. The van der Waals surface area contributed by atoms with Crippen molar-refractivity contribution in [1.29, 1.82) is 0 Å². The van der Waals surface area contributed by atoms with E-state index in [-0.39, 0.29) is 22.7 Å². The maximum Gasteiger partial charge on any atom is 0.255 e. The first kappa shape index (κ1) is 13.3. The van der Waals surface area contributed by atoms with Gasteiger partial charge >= 0.3 is 0 Å². The van der Waals surface area contributed by atoms with Gasteiger partial charge < -0.3 is 11.1 Å². The summed E-state index contributed by atoms with van der Waals surface area (Å²) in [4.78, 5) is 12.0. The summed E-state index contributed by atoms with van der Waals surface area (Å²) in [5.74, 6) is -1.04. The minimum Gasteiger partial charge on any atom is -0.349 e. The Bertz CT molecular complexity index is 424. The summed E-state index contributed by atoms with van der Waals surface area (Å²) in [6, 6.07) is 4.50. The third-order valence-electron chi connectivity index (χ3n) is 3.30. The number of rotatable bonds is 2. The molecular weight excluding hydrogens is 255 g/mol. The maximum atomic E-state index is 13.6. The molecule has 0 radical (unpaired) electrons. The van der Waals surface area contributed by atoms with Crippen LogP contribution in [-0.4, -0.2) is 18.0 Å². The SMILES string of the molecule is NC1CCC(NC(=O)c2c(F)cccc2Cl)CC1. The Balaban J connectivity index is 2.04. The van der Waals surface area contributed by atoms with Crippen LogP contribution in [-0.2, 0) is 0 Å². The van der Waals surface area contributed by atoms with E-state index < -0.39 is 11.7 Å². The van der Waals surface area contributed by atoms with Crippen LogP contribution >= 0.6 is 11.6 Å². The van der Waals surface area contributed by atoms with E-state index in [0.717, 1.165) is 25.7 Å². The summed E-state index contributed by atoms with van der Waals surface area (Å²) in [5.41, 5.74) is 5.72. The van der Waals surface area contributed by atoms with Crippen LogP contribution < -0.4 is 11.1 Å². The first-order valence-electron chi connectivity index (χ1n) is 6.08. The summed E-state index contributed by atoms with van der Waals surface area (Å²) < 4.78 is 13.6. The molecule has 0 unspecified atom stereocenters. The van der Waals surface area contributed by atoms with E-state index in [1.807, 2.05) is 0 Å². The number of hydrogen-bond donors (Lipinski definition) is 2. The standard InChI is InChI=1S/C13H16ClFN2O/c14-10-2-1-3-11(15)12(10)13(18)17-9-6-4-8(16)5-7-9/h1-3,8-9H,4-7,16H2,(H,17,18). The Kier molecular flexibility index (Phi) is 4.19. The van der Waals surface area contributed by atoms with Gasteiger partial charge in [0.25, 0.3) is 5.91 Å². The highest BCUT2D eigenvalue weighted by Crippen LogP contribution is 2.21. The van der Waals surface area contributed by atoms with Crippen LogP contribution in [0.4, 0.5) is 4.39 Å². The molecule has 0 saturated heterocycles. The van der Waals surface area contributed by atoms with E-state index in [0.29, 0.717) is 0 Å². The molecule has 0 atom stereocenters. The van der Waals surface area contributed by atoms with Gasteiger partial charge in [0, 0.05) is 12.1 Å². The van der Waals surface area contributed by atoms with E-state index in [1.54, 1.807) is 0 Å². The quantitative estimate of drug-likeness (QED) is 0.867. The molecule has 1 fully saturated rings. The van der Waals surface area contributed by atoms with Crippen LogP contribution in [0.2, 0.25) is 5.02 Å². The molecule has 5 heteroatoms. The lowest BCUT2D eigenvalue weighted by atomic mass is 9.91. The lowest BCUT2D eigenvalue weighted by Gasteiger charge is -2.26. The summed E-state index contributed by atoms with van der Waals surface area (Å²) in [6.07, 6.45) is 3.43. The molecule has 1 amide bonds. The average molecular weight is 271 g/mol. The lowest BCUT2D eigenvalue weighted by molar-refractivity contribution is 0.0922. The molecule has 1 saturated carbocycles. The van der Waals surface area contributed by atoms with Gasteiger partial charge in [-0.25, -0.2) is 4.39 Å². The van der Waals surface area contributed by atoms with Crippen molar-refractivity contribution < 1.29 is 9.18 Å². The van der Waals surface area contributed by atoms with Gasteiger partial charge in [-0.1, -0.05) is 17.7 Å². The molecule has 18 heavy (non-hydrogen) atoms. The van der Waals surface area contributed by atoms with Gasteiger partial charge in [-0.2, -0.15) is 0 Å². The number of carbonyl (C=O) groups excluding carboxylic acids is 1. The first-order valence-corrected chi connectivity index (χ1v) is 6.46. The molecule has 3 N–H and O–H groups in total. The second kappa shape index (κ2) is 5.67. The molecule has 98 valence electrons. The monoisotopic (exact) mass is 270 g/mol. The minimum atomic E-state index is -0.590. The number of halogens is 2. The van der Waals surface area contributed by atoms with Crippen molar-refractivity contribution in [3.63, 3.8) is 0 Å². The molecule has 1 aromatic rings. The van der Waals surface area contributed by atoms with Crippen LogP contribution in [0.5, 0.6) is 0 Å². The lowest BCUT2D eigenvalue weighted by Crippen LogP contribution is -2.40. The second-order valence-corrected chi connectivity index (χ2v) is 5.09. The molecule has 1 aliphatic rings. The van der Waals surface area contributed by atoms with Crippen LogP contribution in [0.25, 0.3) is 0 Å². The van der Waals surface area contributed by atoms with Gasteiger partial charge in [-0.3, -0.25) is 4.79 Å². The molecule has 0 bridgehead atoms. The largest absolute Gasteiger partial charge is 0.349 e. The first-order chi connectivity index (χ1) is 8.58. The van der Waals surface area contributed by atoms with Gasteiger partial charge in [-0.05, 0) is 37.8 Å². The Morgan fingerprint density at radius 2 is 2.00 bits per heavy atom. The fourth-order valence-electron chi connectivity index (χ4n) is 2.24. The minimum absolute atomic E-state index is 0.0629. The molecule has 2 rings (SSSR count). The zero-order chi connectivity index (χ0) is 13.1. The Morgan fingerprint density at radius 1 is 1.33 bits per heavy atom. The van der Waals surface area contributed by atoms with Crippen molar-refractivity contribution in [1.82, 2.24) is 5.32 Å². The fourth-order valence-corrected chi connectivity index (χ4v) is 2.48. The van der Waals surface area contributed by atoms with E-state index in [9.17, 15) is 9.18 Å². The molecule has 1 aromatic carbocycles. The Labute approximate surface area is 111 Å². The normalized spacial score (nSPS) is 23.7. The summed E-state index contributed by atoms with van der Waals surface area (Å²) in [7, 11) is 0. The smallest absolute Gasteiger partial charge is 0.255 e. The van der Waals surface area contributed by atoms with Crippen molar-refractivity contribution in [2.75, 3.05) is 0 Å². The van der Waals surface area contributed by atoms with Crippen LogP contribution in [0.1, 0.15) is 36.0 Å². The van der Waals surface area contributed by atoms with Gasteiger partial charge in [0.2, 0.25) is 0 Å². The van der Waals surface area contributed by atoms with E-state index in [1.165, 1.54) is 18.2 Å². The number of nitrogens with two attached hydrogens (primary N) is 1. The molecule has 0 heterocycles. The van der Waals surface area contributed by atoms with Crippen molar-refractivity contribution >= 4 is 17.5 Å². The number of hydrogen-bond acceptors (Lipinski definition) is 2. The van der Waals surface area contributed by atoms with Gasteiger partial charge in [0.1, 0.15) is 5.82 Å². The molecule has 0 spiro atoms. The highest BCUT2D eigenvalue weighted by molar-refractivity contribution is 6.33. The zero-order valence-corrected chi connectivity index (χ0v) is 10.7. The predicted octanol–water partition coefficient (Wildman–Crippen LogP) is 2.48.